The van der Waals surface area contributed by atoms with Gasteiger partial charge in [0.1, 0.15) is 0 Å². The van der Waals surface area contributed by atoms with Gasteiger partial charge in [0.25, 0.3) is 0 Å². The Morgan fingerprint density at radius 1 is 1.37 bits per heavy atom. The van der Waals surface area contributed by atoms with E-state index in [0.29, 0.717) is 16.8 Å². The Balaban J connectivity index is 2.82. The largest absolute Gasteiger partial charge is 0.465 e. The first-order valence-corrected chi connectivity index (χ1v) is 5.89. The summed E-state index contributed by atoms with van der Waals surface area (Å²) < 4.78 is 11.9. The van der Waals surface area contributed by atoms with Crippen LogP contribution in [0, 0.1) is 6.92 Å². The van der Waals surface area contributed by atoms with Gasteiger partial charge in [0.2, 0.25) is 0 Å². The number of carbonyl (C=O) groups is 1. The molecule has 2 rings (SSSR count). The first-order chi connectivity index (χ1) is 8.90. The minimum Gasteiger partial charge on any atom is -0.465 e. The summed E-state index contributed by atoms with van der Waals surface area (Å²) in [6.45, 7) is 5.62. The predicted octanol–water partition coefficient (Wildman–Crippen LogP) is 1.71. The van der Waals surface area contributed by atoms with Crippen molar-refractivity contribution >= 4 is 11.6 Å². The lowest BCUT2D eigenvalue weighted by Gasteiger charge is -2.25. The van der Waals surface area contributed by atoms with Gasteiger partial charge < -0.3 is 9.47 Å². The minimum atomic E-state index is -0.675. The van der Waals surface area contributed by atoms with Gasteiger partial charge in [-0.2, -0.15) is 5.10 Å². The fourth-order valence-electron chi connectivity index (χ4n) is 2.01. The van der Waals surface area contributed by atoms with Gasteiger partial charge in [-0.25, -0.2) is 14.3 Å². The highest BCUT2D eigenvalue weighted by molar-refractivity contribution is 5.92. The number of rotatable bonds is 3. The normalized spacial score (nSPS) is 11.8. The number of fused-ring (bicyclic) bond motifs is 1. The molecule has 2 heterocycles. The van der Waals surface area contributed by atoms with E-state index in [-0.39, 0.29) is 0 Å². The van der Waals surface area contributed by atoms with Crippen LogP contribution in [0.5, 0.6) is 0 Å². The maximum atomic E-state index is 11.9. The molecule has 0 N–H and O–H groups in total. The number of aromatic nitrogens is 3. The molecular formula is C13H17N3O3. The molecule has 6 heteroatoms. The van der Waals surface area contributed by atoms with E-state index in [1.54, 1.807) is 17.8 Å². The molecule has 0 unspecified atom stereocenters. The standard InChI is InChI=1S/C13H17N3O3/c1-8-7-16-11(15-8)10(13(2,3)19-5)9(6-14-16)12(17)18-4/h6-7H,1-5H3. The lowest BCUT2D eigenvalue weighted by Crippen LogP contribution is -2.25. The summed E-state index contributed by atoms with van der Waals surface area (Å²) in [6, 6.07) is 0. The third kappa shape index (κ3) is 2.19. The summed E-state index contributed by atoms with van der Waals surface area (Å²) in [5, 5.41) is 4.18. The van der Waals surface area contributed by atoms with E-state index in [2.05, 4.69) is 10.1 Å². The van der Waals surface area contributed by atoms with Crippen LogP contribution in [0.15, 0.2) is 12.4 Å². The van der Waals surface area contributed by atoms with Crippen LogP contribution in [-0.4, -0.2) is 34.8 Å². The number of carbonyl (C=O) groups excluding carboxylic acids is 1. The van der Waals surface area contributed by atoms with Crippen molar-refractivity contribution in [2.45, 2.75) is 26.4 Å². The van der Waals surface area contributed by atoms with E-state index in [1.165, 1.54) is 13.3 Å². The van der Waals surface area contributed by atoms with Gasteiger partial charge in [-0.05, 0) is 20.8 Å². The summed E-state index contributed by atoms with van der Waals surface area (Å²) >= 11 is 0. The zero-order valence-corrected chi connectivity index (χ0v) is 11.7. The van der Waals surface area contributed by atoms with Crippen LogP contribution in [-0.2, 0) is 15.1 Å². The van der Waals surface area contributed by atoms with Crippen LogP contribution in [0.2, 0.25) is 0 Å². The first-order valence-electron chi connectivity index (χ1n) is 5.89. The molecule has 0 saturated heterocycles. The topological polar surface area (TPSA) is 65.7 Å². The Labute approximate surface area is 111 Å². The molecule has 0 aliphatic carbocycles. The van der Waals surface area contributed by atoms with Crippen LogP contribution >= 0.6 is 0 Å². The zero-order valence-electron chi connectivity index (χ0n) is 11.7. The predicted molar refractivity (Wildman–Crippen MR) is 69.1 cm³/mol. The summed E-state index contributed by atoms with van der Waals surface area (Å²) in [7, 11) is 2.93. The highest BCUT2D eigenvalue weighted by atomic mass is 16.5. The molecule has 0 atom stereocenters. The van der Waals surface area contributed by atoms with Gasteiger partial charge in [-0.1, -0.05) is 0 Å². The Kier molecular flexibility index (Phi) is 3.28. The highest BCUT2D eigenvalue weighted by Gasteiger charge is 2.30. The fraction of sp³-hybridized carbons (Fsp3) is 0.462. The maximum Gasteiger partial charge on any atom is 0.340 e. The number of esters is 1. The van der Waals surface area contributed by atoms with Crippen molar-refractivity contribution in [3.63, 3.8) is 0 Å². The molecule has 0 saturated carbocycles. The van der Waals surface area contributed by atoms with Gasteiger partial charge >= 0.3 is 5.97 Å². The Morgan fingerprint density at radius 2 is 2.05 bits per heavy atom. The van der Waals surface area contributed by atoms with Crippen LogP contribution < -0.4 is 0 Å². The molecule has 0 spiro atoms. The van der Waals surface area contributed by atoms with Crippen LogP contribution in [0.25, 0.3) is 5.65 Å². The lowest BCUT2D eigenvalue weighted by molar-refractivity contribution is 0.0178. The van der Waals surface area contributed by atoms with Gasteiger partial charge in [0.05, 0.1) is 36.4 Å². The highest BCUT2D eigenvalue weighted by Crippen LogP contribution is 2.30. The van der Waals surface area contributed by atoms with Crippen molar-refractivity contribution in [3.8, 4) is 0 Å². The molecule has 0 fully saturated rings. The number of aryl methyl sites for hydroxylation is 1. The Morgan fingerprint density at radius 3 is 2.63 bits per heavy atom. The van der Waals surface area contributed by atoms with Gasteiger partial charge in [-0.3, -0.25) is 0 Å². The van der Waals surface area contributed by atoms with Crippen molar-refractivity contribution in [2.24, 2.45) is 0 Å². The fourth-order valence-corrected chi connectivity index (χ4v) is 2.01. The molecule has 2 aromatic heterocycles. The smallest absolute Gasteiger partial charge is 0.340 e. The molecule has 0 bridgehead atoms. The van der Waals surface area contributed by atoms with Crippen molar-refractivity contribution < 1.29 is 14.3 Å². The summed E-state index contributed by atoms with van der Waals surface area (Å²) in [5.74, 6) is -0.448. The molecule has 0 aliphatic heterocycles. The third-order valence-electron chi connectivity index (χ3n) is 3.13. The number of hydrogen-bond acceptors (Lipinski definition) is 5. The molecule has 2 aromatic rings. The molecular weight excluding hydrogens is 246 g/mol. The molecule has 0 aliphatic rings. The van der Waals surface area contributed by atoms with Crippen LogP contribution in [0.1, 0.15) is 35.5 Å². The lowest BCUT2D eigenvalue weighted by atomic mass is 9.95. The second-order valence-corrected chi connectivity index (χ2v) is 4.79. The third-order valence-corrected chi connectivity index (χ3v) is 3.13. The first kappa shape index (κ1) is 13.5. The van der Waals surface area contributed by atoms with E-state index < -0.39 is 11.6 Å². The molecule has 102 valence electrons. The minimum absolute atomic E-state index is 0.368. The molecule has 0 amide bonds. The molecule has 6 nitrogen and oxygen atoms in total. The van der Waals surface area contributed by atoms with Crippen molar-refractivity contribution in [1.29, 1.82) is 0 Å². The van der Waals surface area contributed by atoms with Crippen molar-refractivity contribution in [2.75, 3.05) is 14.2 Å². The number of ether oxygens (including phenoxy) is 2. The number of methoxy groups -OCH3 is 2. The van der Waals surface area contributed by atoms with Gasteiger partial charge in [0, 0.05) is 12.7 Å². The van der Waals surface area contributed by atoms with E-state index in [4.69, 9.17) is 9.47 Å². The molecule has 19 heavy (non-hydrogen) atoms. The average molecular weight is 263 g/mol. The SMILES string of the molecule is COC(=O)c1cnn2cc(C)nc2c1C(C)(C)OC. The van der Waals surface area contributed by atoms with Crippen molar-refractivity contribution in [1.82, 2.24) is 14.6 Å². The Bertz CT molecular complexity index is 631. The molecule has 0 aromatic carbocycles. The van der Waals surface area contributed by atoms with E-state index in [9.17, 15) is 4.79 Å². The number of imidazole rings is 1. The number of hydrogen-bond donors (Lipinski definition) is 0. The summed E-state index contributed by atoms with van der Waals surface area (Å²) in [6.07, 6.45) is 3.28. The van der Waals surface area contributed by atoms with Crippen LogP contribution in [0.4, 0.5) is 0 Å². The summed E-state index contributed by atoms with van der Waals surface area (Å²) in [4.78, 5) is 16.3. The van der Waals surface area contributed by atoms with E-state index in [1.807, 2.05) is 20.8 Å². The van der Waals surface area contributed by atoms with Crippen molar-refractivity contribution in [3.05, 3.63) is 29.2 Å². The monoisotopic (exact) mass is 263 g/mol. The van der Waals surface area contributed by atoms with E-state index in [0.717, 1.165) is 5.69 Å². The Hall–Kier alpha value is -1.95. The van der Waals surface area contributed by atoms with Crippen LogP contribution in [0.3, 0.4) is 0 Å². The second-order valence-electron chi connectivity index (χ2n) is 4.79. The molecule has 0 radical (unpaired) electrons. The maximum absolute atomic E-state index is 11.9. The summed E-state index contributed by atoms with van der Waals surface area (Å²) in [5.41, 5.74) is 1.79. The average Bonchev–Trinajstić information content (AvgIpc) is 2.76. The van der Waals surface area contributed by atoms with Gasteiger partial charge in [-0.15, -0.1) is 0 Å². The van der Waals surface area contributed by atoms with Gasteiger partial charge in [0.15, 0.2) is 5.65 Å². The zero-order chi connectivity index (χ0) is 14.2. The van der Waals surface area contributed by atoms with E-state index >= 15 is 0 Å². The second kappa shape index (κ2) is 4.62. The number of nitrogens with zero attached hydrogens (tertiary/aromatic N) is 3. The quantitative estimate of drug-likeness (QED) is 0.789.